The van der Waals surface area contributed by atoms with Gasteiger partial charge < -0.3 is 4.74 Å². The van der Waals surface area contributed by atoms with E-state index in [0.717, 1.165) is 36.3 Å². The summed E-state index contributed by atoms with van der Waals surface area (Å²) < 4.78 is 5.79. The van der Waals surface area contributed by atoms with Crippen LogP contribution >= 0.6 is 11.6 Å². The summed E-state index contributed by atoms with van der Waals surface area (Å²) in [7, 11) is 0. The van der Waals surface area contributed by atoms with E-state index in [9.17, 15) is 9.59 Å². The molecule has 5 rings (SSSR count). The predicted molar refractivity (Wildman–Crippen MR) is 137 cm³/mol. The lowest BCUT2D eigenvalue weighted by Crippen LogP contribution is -2.36. The minimum absolute atomic E-state index is 0.183. The number of H-pyrrole nitrogens is 1. The number of carbonyl (C=O) groups excluding carboxylic acids is 1. The summed E-state index contributed by atoms with van der Waals surface area (Å²) >= 11 is 6.48. The molecule has 2 saturated carbocycles. The van der Waals surface area contributed by atoms with Crippen LogP contribution in [-0.2, 0) is 11.2 Å². The molecule has 0 amide bonds. The van der Waals surface area contributed by atoms with Gasteiger partial charge in [-0.3, -0.25) is 9.78 Å². The Kier molecular flexibility index (Phi) is 6.49. The van der Waals surface area contributed by atoms with E-state index in [1.165, 1.54) is 12.8 Å². The van der Waals surface area contributed by atoms with Crippen molar-refractivity contribution < 1.29 is 9.53 Å². The molecule has 2 fully saturated rings. The van der Waals surface area contributed by atoms with Gasteiger partial charge in [0.2, 0.25) is 0 Å². The van der Waals surface area contributed by atoms with Crippen molar-refractivity contribution in [3.63, 3.8) is 0 Å². The highest BCUT2D eigenvalue weighted by Gasteiger charge is 2.39. The number of halogens is 1. The fourth-order valence-electron chi connectivity index (χ4n) is 4.72. The molecule has 3 aromatic rings. The number of aromatic nitrogens is 3. The molecule has 2 aliphatic rings. The van der Waals surface area contributed by atoms with Gasteiger partial charge in [-0.1, -0.05) is 31.5 Å². The number of benzene rings is 2. The molecule has 2 aromatic carbocycles. The second-order valence-electron chi connectivity index (χ2n) is 10.7. The fraction of sp³-hybridized carbons (Fsp3) is 0.429. The zero-order chi connectivity index (χ0) is 24.6. The van der Waals surface area contributed by atoms with E-state index in [1.54, 1.807) is 6.07 Å². The Morgan fingerprint density at radius 3 is 2.54 bits per heavy atom. The van der Waals surface area contributed by atoms with Gasteiger partial charge in [0.15, 0.2) is 5.82 Å². The van der Waals surface area contributed by atoms with Crippen LogP contribution in [-0.4, -0.2) is 27.3 Å². The van der Waals surface area contributed by atoms with Gasteiger partial charge in [0.05, 0.1) is 11.6 Å². The summed E-state index contributed by atoms with van der Waals surface area (Å²) in [4.78, 5) is 36.3. The molecule has 182 valence electrons. The Labute approximate surface area is 210 Å². The van der Waals surface area contributed by atoms with Crippen molar-refractivity contribution in [2.24, 2.45) is 17.3 Å². The molecule has 0 atom stereocenters. The molecule has 6 nitrogen and oxygen atoms in total. The number of aromatic amines is 1. The highest BCUT2D eigenvalue weighted by atomic mass is 35.5. The van der Waals surface area contributed by atoms with Crippen molar-refractivity contribution in [2.45, 2.75) is 52.4 Å². The third kappa shape index (κ3) is 5.81. The molecule has 0 aliphatic heterocycles. The first-order valence-electron chi connectivity index (χ1n) is 12.3. The van der Waals surface area contributed by atoms with Gasteiger partial charge in [-0.25, -0.2) is 9.78 Å². The molecule has 1 N–H and O–H groups in total. The van der Waals surface area contributed by atoms with Gasteiger partial charge in [-0.15, -0.1) is 0 Å². The van der Waals surface area contributed by atoms with E-state index in [0.29, 0.717) is 46.8 Å². The van der Waals surface area contributed by atoms with Crippen LogP contribution in [0.2, 0.25) is 5.02 Å². The number of nitrogens with zero attached hydrogens (tertiary/aromatic N) is 2. The number of Topliss-reactive ketones (excluding diaryl/α,β-unsaturated/α-hetero) is 1. The van der Waals surface area contributed by atoms with Gasteiger partial charge in [0.25, 0.3) is 0 Å². The van der Waals surface area contributed by atoms with Gasteiger partial charge in [0.1, 0.15) is 17.4 Å². The Morgan fingerprint density at radius 2 is 1.86 bits per heavy atom. The Bertz CT molecular complexity index is 1290. The van der Waals surface area contributed by atoms with Gasteiger partial charge in [0, 0.05) is 23.5 Å². The number of ketones is 1. The minimum Gasteiger partial charge on any atom is -0.493 e. The first kappa shape index (κ1) is 23.7. The topological polar surface area (TPSA) is 84.9 Å². The maximum atomic E-state index is 12.6. The average Bonchev–Trinajstić information content (AvgIpc) is 3.65. The van der Waals surface area contributed by atoms with Crippen molar-refractivity contribution in [2.75, 3.05) is 6.61 Å². The molecule has 35 heavy (non-hydrogen) atoms. The molecule has 1 heterocycles. The number of hydrogen-bond acceptors (Lipinski definition) is 5. The third-order valence-corrected chi connectivity index (χ3v) is 7.27. The lowest BCUT2D eigenvalue weighted by molar-refractivity contribution is -0.129. The summed E-state index contributed by atoms with van der Waals surface area (Å²) in [6.45, 7) is 5.15. The second kappa shape index (κ2) is 9.57. The van der Waals surface area contributed by atoms with Crippen LogP contribution in [0.25, 0.3) is 22.8 Å². The molecule has 7 heteroatoms. The van der Waals surface area contributed by atoms with E-state index < -0.39 is 5.69 Å². The van der Waals surface area contributed by atoms with Crippen LogP contribution in [0.1, 0.15) is 51.5 Å². The molecule has 1 aromatic heterocycles. The fourth-order valence-corrected chi connectivity index (χ4v) is 4.93. The van der Waals surface area contributed by atoms with Crippen LogP contribution in [0.5, 0.6) is 5.75 Å². The molecule has 0 radical (unpaired) electrons. The minimum atomic E-state index is -0.497. The molecular formula is C28H30ClN3O3. The summed E-state index contributed by atoms with van der Waals surface area (Å²) in [5, 5.41) is 0.477. The number of rotatable bonds is 9. The summed E-state index contributed by atoms with van der Waals surface area (Å²) in [6.07, 6.45) is 5.54. The van der Waals surface area contributed by atoms with Crippen LogP contribution in [0.3, 0.4) is 0 Å². The highest BCUT2D eigenvalue weighted by Crippen LogP contribution is 2.45. The standard InChI is InChI=1S/C28H30ClN3O3/c1-28(2)14-20(15-28)24(33)12-6-17-5-11-23(29)22(13-17)26-30-25(31-27(34)32-26)19-7-9-21(10-8-19)35-16-18-3-4-18/h5,7-11,13,18,20H,3-4,6,12,14-16H2,1-2H3,(H,30,31,32,34). The molecule has 0 unspecified atom stereocenters. The predicted octanol–water partition coefficient (Wildman–Crippen LogP) is 5.88. The van der Waals surface area contributed by atoms with E-state index in [1.807, 2.05) is 36.4 Å². The van der Waals surface area contributed by atoms with Crippen molar-refractivity contribution in [3.8, 4) is 28.5 Å². The normalized spacial score (nSPS) is 17.1. The number of hydrogen-bond donors (Lipinski definition) is 1. The first-order chi connectivity index (χ1) is 16.8. The molecular weight excluding hydrogens is 462 g/mol. The molecule has 0 bridgehead atoms. The SMILES string of the molecule is CC1(C)CC(C(=O)CCc2ccc(Cl)c(-c3nc(-c4ccc(OCC5CC5)cc4)nc(=O)[nH]3)c2)C1. The largest absolute Gasteiger partial charge is 0.493 e. The lowest BCUT2D eigenvalue weighted by Gasteiger charge is -2.41. The van der Waals surface area contributed by atoms with E-state index >= 15 is 0 Å². The zero-order valence-electron chi connectivity index (χ0n) is 20.1. The van der Waals surface area contributed by atoms with Crippen LogP contribution < -0.4 is 10.4 Å². The Hall–Kier alpha value is -2.99. The third-order valence-electron chi connectivity index (χ3n) is 6.94. The number of carbonyl (C=O) groups is 1. The van der Waals surface area contributed by atoms with Crippen LogP contribution in [0, 0.1) is 17.3 Å². The average molecular weight is 492 g/mol. The van der Waals surface area contributed by atoms with Crippen molar-refractivity contribution in [1.82, 2.24) is 15.0 Å². The van der Waals surface area contributed by atoms with Gasteiger partial charge in [-0.05, 0) is 85.4 Å². The summed E-state index contributed by atoms with van der Waals surface area (Å²) in [5.74, 6) is 2.65. The zero-order valence-corrected chi connectivity index (χ0v) is 20.9. The van der Waals surface area contributed by atoms with E-state index in [-0.39, 0.29) is 11.3 Å². The number of ether oxygens (including phenoxy) is 1. The monoisotopic (exact) mass is 491 g/mol. The number of aryl methyl sites for hydroxylation is 1. The van der Waals surface area contributed by atoms with Crippen molar-refractivity contribution >= 4 is 17.4 Å². The van der Waals surface area contributed by atoms with E-state index in [2.05, 4.69) is 28.8 Å². The Morgan fingerprint density at radius 1 is 1.11 bits per heavy atom. The summed E-state index contributed by atoms with van der Waals surface area (Å²) in [5.41, 5.74) is 2.11. The lowest BCUT2D eigenvalue weighted by atomic mass is 9.62. The second-order valence-corrected chi connectivity index (χ2v) is 11.1. The first-order valence-corrected chi connectivity index (χ1v) is 12.7. The molecule has 0 saturated heterocycles. The number of nitrogens with one attached hydrogen (secondary N) is 1. The van der Waals surface area contributed by atoms with E-state index in [4.69, 9.17) is 16.3 Å². The smallest absolute Gasteiger partial charge is 0.348 e. The van der Waals surface area contributed by atoms with Crippen LogP contribution in [0.15, 0.2) is 47.3 Å². The van der Waals surface area contributed by atoms with Gasteiger partial charge >= 0.3 is 5.69 Å². The van der Waals surface area contributed by atoms with Crippen molar-refractivity contribution in [1.29, 1.82) is 0 Å². The molecule has 2 aliphatic carbocycles. The molecule has 0 spiro atoms. The van der Waals surface area contributed by atoms with Gasteiger partial charge in [-0.2, -0.15) is 4.98 Å². The maximum absolute atomic E-state index is 12.6. The van der Waals surface area contributed by atoms with Crippen molar-refractivity contribution in [3.05, 3.63) is 63.5 Å². The van der Waals surface area contributed by atoms with Crippen LogP contribution in [0.4, 0.5) is 0 Å². The summed E-state index contributed by atoms with van der Waals surface area (Å²) in [6, 6.07) is 13.1. The Balaban J connectivity index is 1.32. The quantitative estimate of drug-likeness (QED) is 0.404. The highest BCUT2D eigenvalue weighted by molar-refractivity contribution is 6.33. The maximum Gasteiger partial charge on any atom is 0.348 e.